The minimum Gasteiger partial charge on any atom is -0.306 e. The molecule has 2 rings (SSSR count). The molecule has 0 aliphatic rings. The van der Waals surface area contributed by atoms with Crippen LogP contribution in [0.4, 0.5) is 0 Å². The van der Waals surface area contributed by atoms with Crippen LogP contribution in [0.3, 0.4) is 0 Å². The maximum atomic E-state index is 10.7. The van der Waals surface area contributed by atoms with Crippen molar-refractivity contribution in [3.05, 3.63) is 34.7 Å². The van der Waals surface area contributed by atoms with Crippen molar-refractivity contribution < 1.29 is 0 Å². The predicted molar refractivity (Wildman–Crippen MR) is 54.9 cm³/mol. The van der Waals surface area contributed by atoms with Crippen LogP contribution in [0, 0.1) is 0 Å². The zero-order valence-electron chi connectivity index (χ0n) is 7.92. The molecule has 13 heavy (non-hydrogen) atoms. The zero-order chi connectivity index (χ0) is 9.68. The Morgan fingerprint density at radius 2 is 1.46 bits per heavy atom. The second kappa shape index (κ2) is 4.50. The van der Waals surface area contributed by atoms with E-state index in [9.17, 15) is 4.79 Å². The molecule has 0 saturated heterocycles. The molecular weight excluding hydrogens is 164 g/mol. The summed E-state index contributed by atoms with van der Waals surface area (Å²) in [5.74, 6) is 0. The first kappa shape index (κ1) is 9.58. The number of fused-ring (bicyclic) bond motifs is 1. The van der Waals surface area contributed by atoms with Crippen molar-refractivity contribution in [2.24, 2.45) is 0 Å². The quantitative estimate of drug-likeness (QED) is 0.638. The van der Waals surface area contributed by atoms with Crippen molar-refractivity contribution in [3.8, 4) is 0 Å². The molecule has 0 saturated carbocycles. The summed E-state index contributed by atoms with van der Waals surface area (Å²) >= 11 is 0. The van der Waals surface area contributed by atoms with E-state index in [2.05, 4.69) is 23.8 Å². The molecule has 1 heterocycles. The van der Waals surface area contributed by atoms with Gasteiger partial charge in [-0.2, -0.15) is 0 Å². The van der Waals surface area contributed by atoms with Gasteiger partial charge in [0.05, 0.1) is 11.0 Å². The molecule has 2 aromatic rings. The van der Waals surface area contributed by atoms with Crippen LogP contribution in [0.25, 0.3) is 11.0 Å². The zero-order valence-corrected chi connectivity index (χ0v) is 7.92. The second-order valence-corrected chi connectivity index (χ2v) is 2.83. The highest BCUT2D eigenvalue weighted by atomic mass is 16.1. The van der Waals surface area contributed by atoms with Crippen LogP contribution < -0.4 is 5.69 Å². The lowest BCUT2D eigenvalue weighted by molar-refractivity contribution is 1.09. The van der Waals surface area contributed by atoms with Crippen molar-refractivity contribution >= 4 is 11.0 Å². The highest BCUT2D eigenvalue weighted by Gasteiger charge is 1.92. The first-order valence-corrected chi connectivity index (χ1v) is 4.45. The largest absolute Gasteiger partial charge is 0.323 e. The van der Waals surface area contributed by atoms with E-state index in [0.717, 1.165) is 11.0 Å². The fourth-order valence-electron chi connectivity index (χ4n) is 0.977. The van der Waals surface area contributed by atoms with E-state index < -0.39 is 0 Å². The maximum absolute atomic E-state index is 10.7. The summed E-state index contributed by atoms with van der Waals surface area (Å²) in [6.45, 7) is 4.25. The average Bonchev–Trinajstić information content (AvgIpc) is 2.45. The van der Waals surface area contributed by atoms with E-state index in [1.54, 1.807) is 0 Å². The first-order valence-electron chi connectivity index (χ1n) is 4.45. The van der Waals surface area contributed by atoms with Crippen LogP contribution in [-0.2, 0) is 0 Å². The predicted octanol–water partition coefficient (Wildman–Crippen LogP) is 2.27. The molecular formula is C10H14N2O. The number of aromatic nitrogens is 2. The third-order valence-corrected chi connectivity index (χ3v) is 1.42. The normalized spacial score (nSPS) is 9.38. The van der Waals surface area contributed by atoms with E-state index >= 15 is 0 Å². The molecule has 70 valence electrons. The molecule has 0 spiro atoms. The number of H-pyrrole nitrogens is 2. The van der Waals surface area contributed by atoms with Gasteiger partial charge in [-0.05, 0) is 12.1 Å². The Hall–Kier alpha value is -1.51. The summed E-state index contributed by atoms with van der Waals surface area (Å²) in [5, 5.41) is 0. The molecule has 0 aliphatic carbocycles. The number of hydrogen-bond acceptors (Lipinski definition) is 1. The Balaban J connectivity index is 0.000000251. The summed E-state index contributed by atoms with van der Waals surface area (Å²) in [4.78, 5) is 16.0. The van der Waals surface area contributed by atoms with Crippen LogP contribution in [0.15, 0.2) is 29.1 Å². The van der Waals surface area contributed by atoms with Gasteiger partial charge in [0.1, 0.15) is 0 Å². The van der Waals surface area contributed by atoms with Crippen molar-refractivity contribution in [3.63, 3.8) is 0 Å². The van der Waals surface area contributed by atoms with Gasteiger partial charge in [-0.25, -0.2) is 4.79 Å². The minimum atomic E-state index is -0.152. The lowest BCUT2D eigenvalue weighted by Crippen LogP contribution is -1.99. The molecule has 0 aliphatic heterocycles. The summed E-state index contributed by atoms with van der Waals surface area (Å²) < 4.78 is 0. The highest BCUT2D eigenvalue weighted by Crippen LogP contribution is 2.03. The maximum Gasteiger partial charge on any atom is 0.323 e. The summed E-state index contributed by atoms with van der Waals surface area (Å²) in [6, 6.07) is 7.47. The fourth-order valence-corrected chi connectivity index (χ4v) is 0.977. The van der Waals surface area contributed by atoms with Crippen molar-refractivity contribution in [1.29, 1.82) is 0 Å². The van der Waals surface area contributed by atoms with Gasteiger partial charge in [0.25, 0.3) is 0 Å². The van der Waals surface area contributed by atoms with Gasteiger partial charge in [0.2, 0.25) is 0 Å². The van der Waals surface area contributed by atoms with Crippen molar-refractivity contribution in [1.82, 2.24) is 9.97 Å². The average molecular weight is 178 g/mol. The van der Waals surface area contributed by atoms with Gasteiger partial charge < -0.3 is 9.97 Å². The van der Waals surface area contributed by atoms with E-state index in [4.69, 9.17) is 0 Å². The van der Waals surface area contributed by atoms with Crippen LogP contribution in [0.1, 0.15) is 20.3 Å². The lowest BCUT2D eigenvalue weighted by Gasteiger charge is -1.81. The molecule has 1 aromatic heterocycles. The molecule has 0 fully saturated rings. The van der Waals surface area contributed by atoms with Gasteiger partial charge >= 0.3 is 5.69 Å². The molecule has 1 aromatic carbocycles. The summed E-state index contributed by atoms with van der Waals surface area (Å²) in [5.41, 5.74) is 1.56. The SMILES string of the molecule is CCC.O=c1[nH]c2ccccc2[nH]1. The Morgan fingerprint density at radius 1 is 1.08 bits per heavy atom. The Morgan fingerprint density at radius 3 is 1.85 bits per heavy atom. The van der Waals surface area contributed by atoms with Gasteiger partial charge in [-0.3, -0.25) is 0 Å². The van der Waals surface area contributed by atoms with E-state index in [0.29, 0.717) is 0 Å². The third kappa shape index (κ3) is 2.47. The van der Waals surface area contributed by atoms with E-state index in [-0.39, 0.29) is 5.69 Å². The van der Waals surface area contributed by atoms with Crippen LogP contribution in [0.5, 0.6) is 0 Å². The number of aromatic amines is 2. The Kier molecular flexibility index (Phi) is 3.31. The number of para-hydroxylation sites is 2. The number of nitrogens with one attached hydrogen (secondary N) is 2. The van der Waals surface area contributed by atoms with Crippen molar-refractivity contribution in [2.45, 2.75) is 20.3 Å². The topological polar surface area (TPSA) is 48.6 Å². The smallest absolute Gasteiger partial charge is 0.306 e. The molecule has 0 unspecified atom stereocenters. The molecule has 3 heteroatoms. The van der Waals surface area contributed by atoms with E-state index in [1.807, 2.05) is 24.3 Å². The van der Waals surface area contributed by atoms with Gasteiger partial charge in [0.15, 0.2) is 0 Å². The van der Waals surface area contributed by atoms with Crippen LogP contribution in [0.2, 0.25) is 0 Å². The van der Waals surface area contributed by atoms with Crippen LogP contribution in [-0.4, -0.2) is 9.97 Å². The Bertz CT molecular complexity index is 378. The highest BCUT2D eigenvalue weighted by molar-refractivity contribution is 5.73. The first-order chi connectivity index (χ1) is 6.27. The second-order valence-electron chi connectivity index (χ2n) is 2.83. The number of benzene rings is 1. The van der Waals surface area contributed by atoms with E-state index in [1.165, 1.54) is 6.42 Å². The lowest BCUT2D eigenvalue weighted by atomic mass is 10.3. The Labute approximate surface area is 76.8 Å². The molecule has 0 radical (unpaired) electrons. The number of rotatable bonds is 0. The molecule has 2 N–H and O–H groups in total. The van der Waals surface area contributed by atoms with Crippen LogP contribution >= 0.6 is 0 Å². The minimum absolute atomic E-state index is 0.152. The molecule has 0 amide bonds. The summed E-state index contributed by atoms with van der Waals surface area (Å²) in [7, 11) is 0. The van der Waals surface area contributed by atoms with Gasteiger partial charge in [-0.1, -0.05) is 32.4 Å². The van der Waals surface area contributed by atoms with Gasteiger partial charge in [-0.15, -0.1) is 0 Å². The third-order valence-electron chi connectivity index (χ3n) is 1.42. The van der Waals surface area contributed by atoms with Crippen molar-refractivity contribution in [2.75, 3.05) is 0 Å². The fraction of sp³-hybridized carbons (Fsp3) is 0.300. The molecule has 3 nitrogen and oxygen atoms in total. The van der Waals surface area contributed by atoms with Gasteiger partial charge in [0, 0.05) is 0 Å². The summed E-state index contributed by atoms with van der Waals surface area (Å²) in [6.07, 6.45) is 1.25. The number of imidazole rings is 1. The standard InChI is InChI=1S/C7H6N2O.C3H8/c10-7-8-5-3-1-2-4-6(5)9-7;1-3-2/h1-4H,(H2,8,9,10);3H2,1-2H3. The monoisotopic (exact) mass is 178 g/mol. The molecule has 0 atom stereocenters. The number of hydrogen-bond donors (Lipinski definition) is 2. The molecule has 0 bridgehead atoms.